The van der Waals surface area contributed by atoms with Gasteiger partial charge in [-0.2, -0.15) is 0 Å². The van der Waals surface area contributed by atoms with Gasteiger partial charge in [-0.15, -0.1) is 0 Å². The maximum absolute atomic E-state index is 5.31. The monoisotopic (exact) mass is 312 g/mol. The van der Waals surface area contributed by atoms with E-state index in [1.54, 1.807) is 0 Å². The van der Waals surface area contributed by atoms with Gasteiger partial charge in [-0.25, -0.2) is 0 Å². The first-order chi connectivity index (χ1) is 11.3. The van der Waals surface area contributed by atoms with Crippen molar-refractivity contribution >= 4 is 0 Å². The van der Waals surface area contributed by atoms with Crippen LogP contribution in [0.4, 0.5) is 0 Å². The van der Waals surface area contributed by atoms with E-state index in [1.165, 1.54) is 36.8 Å². The van der Waals surface area contributed by atoms with Gasteiger partial charge in [-0.1, -0.05) is 94.3 Å². The SMILES string of the molecule is CC(c1ccccc1)c1ccccc1.CCCCOCCCC. The molecule has 1 nitrogen and oxygen atoms in total. The van der Waals surface area contributed by atoms with Gasteiger partial charge < -0.3 is 4.74 Å². The summed E-state index contributed by atoms with van der Waals surface area (Å²) in [5.41, 5.74) is 2.75. The Hall–Kier alpha value is -1.60. The summed E-state index contributed by atoms with van der Waals surface area (Å²) in [5.74, 6) is 0.484. The van der Waals surface area contributed by atoms with E-state index < -0.39 is 0 Å². The fraction of sp³-hybridized carbons (Fsp3) is 0.455. The third-order valence-corrected chi connectivity index (χ3v) is 3.88. The normalized spacial score (nSPS) is 10.3. The van der Waals surface area contributed by atoms with E-state index in [-0.39, 0.29) is 0 Å². The van der Waals surface area contributed by atoms with Crippen molar-refractivity contribution < 1.29 is 4.74 Å². The van der Waals surface area contributed by atoms with Crippen LogP contribution in [0.25, 0.3) is 0 Å². The van der Waals surface area contributed by atoms with Gasteiger partial charge in [0.25, 0.3) is 0 Å². The van der Waals surface area contributed by atoms with Crippen molar-refractivity contribution in [1.29, 1.82) is 0 Å². The molecule has 2 aromatic carbocycles. The largest absolute Gasteiger partial charge is 0.381 e. The van der Waals surface area contributed by atoms with Crippen molar-refractivity contribution in [2.24, 2.45) is 0 Å². The molecule has 0 aliphatic rings. The van der Waals surface area contributed by atoms with Gasteiger partial charge in [0.15, 0.2) is 0 Å². The molecule has 0 spiro atoms. The molecule has 0 saturated heterocycles. The van der Waals surface area contributed by atoms with Crippen molar-refractivity contribution in [3.05, 3.63) is 71.8 Å². The molecule has 23 heavy (non-hydrogen) atoms. The number of ether oxygens (including phenoxy) is 1. The zero-order valence-electron chi connectivity index (χ0n) is 15.0. The van der Waals surface area contributed by atoms with E-state index in [4.69, 9.17) is 4.74 Å². The van der Waals surface area contributed by atoms with Gasteiger partial charge >= 0.3 is 0 Å². The highest BCUT2D eigenvalue weighted by atomic mass is 16.5. The third-order valence-electron chi connectivity index (χ3n) is 3.88. The molecular weight excluding hydrogens is 280 g/mol. The maximum atomic E-state index is 5.31. The summed E-state index contributed by atoms with van der Waals surface area (Å²) in [6.07, 6.45) is 4.91. The number of rotatable bonds is 8. The van der Waals surface area contributed by atoms with Crippen LogP contribution in [-0.4, -0.2) is 13.2 Å². The summed E-state index contributed by atoms with van der Waals surface area (Å²) in [4.78, 5) is 0. The van der Waals surface area contributed by atoms with Crippen LogP contribution in [0, 0.1) is 0 Å². The van der Waals surface area contributed by atoms with Gasteiger partial charge in [0.2, 0.25) is 0 Å². The van der Waals surface area contributed by atoms with E-state index in [9.17, 15) is 0 Å². The lowest BCUT2D eigenvalue weighted by Crippen LogP contribution is -1.95. The second kappa shape index (κ2) is 12.9. The molecule has 0 aromatic heterocycles. The van der Waals surface area contributed by atoms with Gasteiger partial charge in [0.1, 0.15) is 0 Å². The van der Waals surface area contributed by atoms with Crippen LogP contribution in [-0.2, 0) is 4.74 Å². The summed E-state index contributed by atoms with van der Waals surface area (Å²) >= 11 is 0. The van der Waals surface area contributed by atoms with Crippen LogP contribution in [0.2, 0.25) is 0 Å². The molecule has 0 aliphatic heterocycles. The van der Waals surface area contributed by atoms with Crippen molar-refractivity contribution in [2.45, 2.75) is 52.4 Å². The predicted molar refractivity (Wildman–Crippen MR) is 101 cm³/mol. The topological polar surface area (TPSA) is 9.23 Å². The molecular formula is C22H32O. The van der Waals surface area contributed by atoms with Crippen molar-refractivity contribution in [3.8, 4) is 0 Å². The number of hydrogen-bond donors (Lipinski definition) is 0. The Morgan fingerprint density at radius 2 is 1.09 bits per heavy atom. The lowest BCUT2D eigenvalue weighted by Gasteiger charge is -2.11. The average molecular weight is 312 g/mol. The van der Waals surface area contributed by atoms with E-state index in [0.29, 0.717) is 5.92 Å². The summed E-state index contributed by atoms with van der Waals surface area (Å²) in [7, 11) is 0. The molecule has 0 heterocycles. The van der Waals surface area contributed by atoms with Crippen LogP contribution in [0.15, 0.2) is 60.7 Å². The minimum Gasteiger partial charge on any atom is -0.381 e. The fourth-order valence-corrected chi connectivity index (χ4v) is 2.27. The predicted octanol–water partition coefficient (Wildman–Crippen LogP) is 6.44. The molecule has 0 bridgehead atoms. The highest BCUT2D eigenvalue weighted by Crippen LogP contribution is 2.22. The quantitative estimate of drug-likeness (QED) is 0.509. The lowest BCUT2D eigenvalue weighted by atomic mass is 9.93. The van der Waals surface area contributed by atoms with E-state index >= 15 is 0 Å². The molecule has 0 atom stereocenters. The molecule has 0 N–H and O–H groups in total. The van der Waals surface area contributed by atoms with Crippen LogP contribution >= 0.6 is 0 Å². The molecule has 0 amide bonds. The van der Waals surface area contributed by atoms with Gasteiger partial charge in [0.05, 0.1) is 0 Å². The summed E-state index contributed by atoms with van der Waals surface area (Å²) in [6, 6.07) is 21.2. The van der Waals surface area contributed by atoms with Crippen molar-refractivity contribution in [2.75, 3.05) is 13.2 Å². The molecule has 2 rings (SSSR count). The summed E-state index contributed by atoms with van der Waals surface area (Å²) in [6.45, 7) is 8.52. The smallest absolute Gasteiger partial charge is 0.0465 e. The molecule has 1 heteroatoms. The zero-order chi connectivity index (χ0) is 16.8. The Bertz CT molecular complexity index is 432. The number of benzene rings is 2. The Balaban J connectivity index is 0.000000257. The van der Waals surface area contributed by atoms with E-state index in [2.05, 4.69) is 81.4 Å². The van der Waals surface area contributed by atoms with Gasteiger partial charge in [-0.3, -0.25) is 0 Å². The van der Waals surface area contributed by atoms with Crippen molar-refractivity contribution in [1.82, 2.24) is 0 Å². The number of hydrogen-bond acceptors (Lipinski definition) is 1. The lowest BCUT2D eigenvalue weighted by molar-refractivity contribution is 0.128. The second-order valence-electron chi connectivity index (χ2n) is 5.86. The van der Waals surface area contributed by atoms with Crippen LogP contribution in [0.1, 0.15) is 63.5 Å². The average Bonchev–Trinajstić information content (AvgIpc) is 2.63. The highest BCUT2D eigenvalue weighted by Gasteiger charge is 2.05. The maximum Gasteiger partial charge on any atom is 0.0465 e. The molecule has 0 fully saturated rings. The highest BCUT2D eigenvalue weighted by molar-refractivity contribution is 5.31. The van der Waals surface area contributed by atoms with Crippen LogP contribution in [0.5, 0.6) is 0 Å². The Kier molecular flexibility index (Phi) is 10.9. The van der Waals surface area contributed by atoms with Gasteiger partial charge in [0, 0.05) is 19.1 Å². The molecule has 0 radical (unpaired) electrons. The Morgan fingerprint density at radius 1 is 0.696 bits per heavy atom. The molecule has 2 aromatic rings. The second-order valence-corrected chi connectivity index (χ2v) is 5.86. The number of unbranched alkanes of at least 4 members (excludes halogenated alkanes) is 2. The molecule has 0 saturated carbocycles. The Labute approximate surface area is 142 Å². The van der Waals surface area contributed by atoms with E-state index in [0.717, 1.165) is 13.2 Å². The third kappa shape index (κ3) is 8.56. The summed E-state index contributed by atoms with van der Waals surface area (Å²) in [5, 5.41) is 0. The van der Waals surface area contributed by atoms with Crippen LogP contribution in [0.3, 0.4) is 0 Å². The van der Waals surface area contributed by atoms with Gasteiger partial charge in [-0.05, 0) is 24.0 Å². The molecule has 0 aliphatic carbocycles. The first-order valence-electron chi connectivity index (χ1n) is 8.97. The van der Waals surface area contributed by atoms with E-state index in [1.807, 2.05) is 0 Å². The summed E-state index contributed by atoms with van der Waals surface area (Å²) < 4.78 is 5.31. The Morgan fingerprint density at radius 3 is 1.43 bits per heavy atom. The minimum absolute atomic E-state index is 0.484. The van der Waals surface area contributed by atoms with Crippen LogP contribution < -0.4 is 0 Å². The molecule has 0 unspecified atom stereocenters. The minimum atomic E-state index is 0.484. The van der Waals surface area contributed by atoms with Crippen molar-refractivity contribution in [3.63, 3.8) is 0 Å². The first kappa shape index (κ1) is 19.4. The standard InChI is InChI=1S/C14H14.C8H18O/c1-12(13-8-4-2-5-9-13)14-10-6-3-7-11-14;1-3-5-7-9-8-6-4-2/h2-12H,1H3;3-8H2,1-2H3. The zero-order valence-corrected chi connectivity index (χ0v) is 15.0. The molecule has 126 valence electrons. The fourth-order valence-electron chi connectivity index (χ4n) is 2.27. The first-order valence-corrected chi connectivity index (χ1v) is 8.97.